The van der Waals surface area contributed by atoms with Gasteiger partial charge in [-0.15, -0.1) is 0 Å². The molecule has 3 N–H and O–H groups in total. The minimum absolute atomic E-state index is 0.0125. The van der Waals surface area contributed by atoms with Gasteiger partial charge in [-0.25, -0.2) is 0 Å². The molecular formula is C77H147NO5. The van der Waals surface area contributed by atoms with Crippen molar-refractivity contribution in [3.05, 3.63) is 36.5 Å². The van der Waals surface area contributed by atoms with E-state index in [1.165, 1.54) is 347 Å². The Kier molecular flexibility index (Phi) is 70.9. The molecule has 6 nitrogen and oxygen atoms in total. The van der Waals surface area contributed by atoms with Gasteiger partial charge in [0.05, 0.1) is 25.4 Å². The first-order chi connectivity index (χ1) is 41.0. The fourth-order valence-corrected chi connectivity index (χ4v) is 11.9. The number of carbonyl (C=O) groups is 2. The first-order valence-corrected chi connectivity index (χ1v) is 37.8. The Hall–Kier alpha value is -1.92. The maximum atomic E-state index is 12.5. The van der Waals surface area contributed by atoms with Gasteiger partial charge in [-0.3, -0.25) is 9.59 Å². The van der Waals surface area contributed by atoms with Crippen LogP contribution in [0, 0.1) is 0 Å². The minimum atomic E-state index is -0.849. The Morgan fingerprint density at radius 2 is 0.566 bits per heavy atom. The predicted molar refractivity (Wildman–Crippen MR) is 366 cm³/mol. The monoisotopic (exact) mass is 1170 g/mol. The van der Waals surface area contributed by atoms with E-state index in [-0.39, 0.29) is 18.5 Å². The van der Waals surface area contributed by atoms with Crippen molar-refractivity contribution in [2.24, 2.45) is 0 Å². The Bertz CT molecular complexity index is 1340. The highest BCUT2D eigenvalue weighted by Crippen LogP contribution is 2.19. The average molecular weight is 1170 g/mol. The van der Waals surface area contributed by atoms with Crippen molar-refractivity contribution in [1.82, 2.24) is 5.32 Å². The van der Waals surface area contributed by atoms with Crippen LogP contribution in [0.25, 0.3) is 0 Å². The molecule has 2 atom stereocenters. The number of unbranched alkanes of at least 4 members (excludes halogenated alkanes) is 56. The summed E-state index contributed by atoms with van der Waals surface area (Å²) in [6.07, 6.45) is 93.8. The summed E-state index contributed by atoms with van der Waals surface area (Å²) < 4.78 is 5.51. The van der Waals surface area contributed by atoms with E-state index in [0.29, 0.717) is 19.4 Å². The van der Waals surface area contributed by atoms with Crippen molar-refractivity contribution in [3.8, 4) is 0 Å². The van der Waals surface area contributed by atoms with Gasteiger partial charge in [-0.1, -0.05) is 359 Å². The Balaban J connectivity index is 3.41. The molecule has 0 spiro atoms. The Morgan fingerprint density at radius 3 is 0.855 bits per heavy atom. The number of carbonyl (C=O) groups excluding carboxylic acids is 2. The third-order valence-electron chi connectivity index (χ3n) is 17.6. The van der Waals surface area contributed by atoms with Crippen molar-refractivity contribution in [3.63, 3.8) is 0 Å². The number of allylic oxidation sites excluding steroid dienone is 5. The number of aliphatic hydroxyl groups excluding tert-OH is 2. The highest BCUT2D eigenvalue weighted by molar-refractivity contribution is 5.76. The number of hydrogen-bond donors (Lipinski definition) is 3. The molecule has 0 aromatic rings. The maximum absolute atomic E-state index is 12.5. The second-order valence-electron chi connectivity index (χ2n) is 26.0. The molecule has 0 aliphatic heterocycles. The third-order valence-corrected chi connectivity index (χ3v) is 17.6. The molecule has 0 radical (unpaired) electrons. The number of aliphatic hydroxyl groups is 2. The molecule has 0 bridgehead atoms. The van der Waals surface area contributed by atoms with Crippen molar-refractivity contribution < 1.29 is 24.5 Å². The van der Waals surface area contributed by atoms with Crippen LogP contribution in [0.4, 0.5) is 0 Å². The van der Waals surface area contributed by atoms with Gasteiger partial charge in [0, 0.05) is 12.8 Å². The zero-order valence-electron chi connectivity index (χ0n) is 56.2. The molecule has 0 saturated carbocycles. The fraction of sp³-hybridized carbons (Fsp3) is 0.896. The van der Waals surface area contributed by atoms with Crippen LogP contribution in [-0.4, -0.2) is 47.4 Å². The molecule has 0 rings (SSSR count). The summed E-state index contributed by atoms with van der Waals surface area (Å²) >= 11 is 0. The maximum Gasteiger partial charge on any atom is 0.305 e. The van der Waals surface area contributed by atoms with Crippen molar-refractivity contribution >= 4 is 11.9 Å². The smallest absolute Gasteiger partial charge is 0.305 e. The summed E-state index contributed by atoms with van der Waals surface area (Å²) in [4.78, 5) is 24.7. The van der Waals surface area contributed by atoms with E-state index in [9.17, 15) is 19.8 Å². The molecule has 0 heterocycles. The topological polar surface area (TPSA) is 95.9 Å². The highest BCUT2D eigenvalue weighted by atomic mass is 16.5. The van der Waals surface area contributed by atoms with Crippen LogP contribution in [0.5, 0.6) is 0 Å². The summed E-state index contributed by atoms with van der Waals surface area (Å²) in [5.41, 5.74) is 0. The van der Waals surface area contributed by atoms with Gasteiger partial charge < -0.3 is 20.3 Å². The first-order valence-electron chi connectivity index (χ1n) is 37.8. The van der Waals surface area contributed by atoms with Crippen molar-refractivity contribution in [1.29, 1.82) is 0 Å². The molecule has 1 amide bonds. The van der Waals surface area contributed by atoms with E-state index < -0.39 is 12.1 Å². The largest absolute Gasteiger partial charge is 0.466 e. The quantitative estimate of drug-likeness (QED) is 0.0320. The van der Waals surface area contributed by atoms with Gasteiger partial charge in [0.2, 0.25) is 5.91 Å². The Labute approximate surface area is 519 Å². The van der Waals surface area contributed by atoms with Gasteiger partial charge in [-0.2, -0.15) is 0 Å². The Morgan fingerprint density at radius 1 is 0.325 bits per heavy atom. The van der Waals surface area contributed by atoms with Crippen LogP contribution < -0.4 is 5.32 Å². The van der Waals surface area contributed by atoms with Gasteiger partial charge in [-0.05, 0) is 83.5 Å². The summed E-state index contributed by atoms with van der Waals surface area (Å²) in [5.74, 6) is -0.0559. The molecule has 6 heteroatoms. The molecule has 0 fully saturated rings. The summed E-state index contributed by atoms with van der Waals surface area (Å²) in [5, 5.41) is 23.3. The zero-order chi connectivity index (χ0) is 59.9. The fourth-order valence-electron chi connectivity index (χ4n) is 11.9. The molecule has 0 aromatic carbocycles. The van der Waals surface area contributed by atoms with Crippen LogP contribution in [-0.2, 0) is 14.3 Å². The minimum Gasteiger partial charge on any atom is -0.466 e. The molecule has 83 heavy (non-hydrogen) atoms. The number of ether oxygens (including phenoxy) is 1. The molecular weight excluding hydrogens is 1020 g/mol. The van der Waals surface area contributed by atoms with Crippen LogP contribution in [0.3, 0.4) is 0 Å². The van der Waals surface area contributed by atoms with Crippen molar-refractivity contribution in [2.45, 2.75) is 431 Å². The molecule has 0 aliphatic rings. The molecule has 0 aliphatic carbocycles. The van der Waals surface area contributed by atoms with Crippen LogP contribution in [0.2, 0.25) is 0 Å². The second-order valence-corrected chi connectivity index (χ2v) is 26.0. The number of esters is 1. The lowest BCUT2D eigenvalue weighted by Crippen LogP contribution is -2.45. The zero-order valence-corrected chi connectivity index (χ0v) is 56.2. The summed E-state index contributed by atoms with van der Waals surface area (Å²) in [6, 6.07) is -0.633. The highest BCUT2D eigenvalue weighted by Gasteiger charge is 2.18. The van der Waals surface area contributed by atoms with Gasteiger partial charge in [0.25, 0.3) is 0 Å². The number of nitrogens with one attached hydrogen (secondary N) is 1. The van der Waals surface area contributed by atoms with E-state index in [1.807, 2.05) is 6.08 Å². The lowest BCUT2D eigenvalue weighted by Gasteiger charge is -2.20. The molecule has 0 aromatic heterocycles. The van der Waals surface area contributed by atoms with Gasteiger partial charge >= 0.3 is 5.97 Å². The molecule has 0 saturated heterocycles. The van der Waals surface area contributed by atoms with Gasteiger partial charge in [0.1, 0.15) is 0 Å². The van der Waals surface area contributed by atoms with Crippen LogP contribution in [0.15, 0.2) is 36.5 Å². The molecule has 2 unspecified atom stereocenters. The number of amides is 1. The van der Waals surface area contributed by atoms with Crippen molar-refractivity contribution in [2.75, 3.05) is 13.2 Å². The number of rotatable bonds is 71. The van der Waals surface area contributed by atoms with Crippen LogP contribution >= 0.6 is 0 Å². The van der Waals surface area contributed by atoms with E-state index >= 15 is 0 Å². The van der Waals surface area contributed by atoms with Crippen LogP contribution in [0.1, 0.15) is 418 Å². The second kappa shape index (κ2) is 72.6. The lowest BCUT2D eigenvalue weighted by molar-refractivity contribution is -0.143. The normalized spacial score (nSPS) is 12.7. The van der Waals surface area contributed by atoms with E-state index in [2.05, 4.69) is 43.5 Å². The third kappa shape index (κ3) is 69.1. The predicted octanol–water partition coefficient (Wildman–Crippen LogP) is 24.7. The standard InChI is InChI=1S/C77H147NO5/c1-3-5-7-9-11-13-15-17-19-21-23-24-27-30-34-37-41-45-49-53-57-61-65-69-75(80)74(73-79)78-76(81)70-66-62-58-54-50-46-42-38-35-31-28-25-26-29-32-36-40-44-48-52-56-60-64-68-72-83-77(82)71-67-63-59-55-51-47-43-39-33-22-20-18-16-14-12-10-8-6-4-2/h18,20,28,31,65,69,74-75,79-80H,3-17,19,21-27,29-30,32-64,66-68,70-73H2,1-2H3,(H,78,81)/b20-18-,31-28-,69-65+. The van der Waals surface area contributed by atoms with Gasteiger partial charge in [0.15, 0.2) is 0 Å². The molecule has 490 valence electrons. The first kappa shape index (κ1) is 81.1. The summed E-state index contributed by atoms with van der Waals surface area (Å²) in [6.45, 7) is 4.94. The van der Waals surface area contributed by atoms with E-state index in [1.54, 1.807) is 6.08 Å². The SMILES string of the molecule is CCCCCCCC/C=C\CCCCCCCCCCCC(=O)OCCCCCCCCCCCCCC/C=C\CCCCCCCCCCC(=O)NC(CO)C(O)/C=C/CCCCCCCCCCCCCCCCCCCCCCC. The average Bonchev–Trinajstić information content (AvgIpc) is 3.49. The lowest BCUT2D eigenvalue weighted by atomic mass is 10.0. The van der Waals surface area contributed by atoms with E-state index in [4.69, 9.17) is 4.74 Å². The van der Waals surface area contributed by atoms with E-state index in [0.717, 1.165) is 44.9 Å². The summed E-state index contributed by atoms with van der Waals surface area (Å²) in [7, 11) is 0. The number of hydrogen-bond acceptors (Lipinski definition) is 5.